The van der Waals surface area contributed by atoms with Gasteiger partial charge in [-0.25, -0.2) is 9.97 Å². The number of nitrogens with two attached hydrogens (primary N) is 1. The number of nitrogen functional groups attached to an aromatic ring is 1. The lowest BCUT2D eigenvalue weighted by atomic mass is 10.2. The maximum atomic E-state index is 6.02. The van der Waals surface area contributed by atoms with Crippen LogP contribution in [-0.2, 0) is 0 Å². The van der Waals surface area contributed by atoms with E-state index < -0.39 is 0 Å². The number of fused-ring (bicyclic) bond motifs is 1. The second kappa shape index (κ2) is 3.31. The maximum absolute atomic E-state index is 6.02. The van der Waals surface area contributed by atoms with Crippen LogP contribution >= 0.6 is 11.3 Å². The van der Waals surface area contributed by atoms with Gasteiger partial charge in [0.1, 0.15) is 0 Å². The number of hydrogen-bond donors (Lipinski definition) is 1. The van der Waals surface area contributed by atoms with Crippen LogP contribution in [0.25, 0.3) is 15.9 Å². The van der Waals surface area contributed by atoms with Gasteiger partial charge in [0.2, 0.25) is 0 Å². The summed E-state index contributed by atoms with van der Waals surface area (Å²) in [6.07, 6.45) is 5.34. The quantitative estimate of drug-likeness (QED) is 0.653. The number of thiazole rings is 1. The van der Waals surface area contributed by atoms with Crippen molar-refractivity contribution < 1.29 is 0 Å². The van der Waals surface area contributed by atoms with E-state index in [-0.39, 0.29) is 0 Å². The number of nitrogens with zero attached hydrogens (tertiary/aromatic N) is 3. The van der Waals surface area contributed by atoms with Crippen LogP contribution in [-0.4, -0.2) is 14.5 Å². The van der Waals surface area contributed by atoms with E-state index in [0.29, 0.717) is 0 Å². The zero-order valence-corrected chi connectivity index (χ0v) is 9.53. The van der Waals surface area contributed by atoms with Crippen molar-refractivity contribution in [2.45, 2.75) is 6.92 Å². The van der Waals surface area contributed by atoms with Crippen molar-refractivity contribution in [3.63, 3.8) is 0 Å². The van der Waals surface area contributed by atoms with Gasteiger partial charge in [-0.1, -0.05) is 0 Å². The van der Waals surface area contributed by atoms with Crippen molar-refractivity contribution in [2.24, 2.45) is 0 Å². The molecular formula is C11H10N4S. The van der Waals surface area contributed by atoms with Crippen LogP contribution in [0.3, 0.4) is 0 Å². The molecule has 3 aromatic rings. The van der Waals surface area contributed by atoms with Gasteiger partial charge in [-0.2, -0.15) is 0 Å². The van der Waals surface area contributed by atoms with Crippen LogP contribution < -0.4 is 5.73 Å². The maximum Gasteiger partial charge on any atom is 0.0992 e. The molecule has 2 heterocycles. The molecule has 0 unspecified atom stereocenters. The average molecular weight is 230 g/mol. The Morgan fingerprint density at radius 1 is 1.38 bits per heavy atom. The van der Waals surface area contributed by atoms with E-state index in [9.17, 15) is 0 Å². The molecule has 0 fully saturated rings. The highest BCUT2D eigenvalue weighted by molar-refractivity contribution is 7.18. The number of aromatic nitrogens is 3. The smallest absolute Gasteiger partial charge is 0.0992 e. The van der Waals surface area contributed by atoms with Crippen LogP contribution in [0.5, 0.6) is 0 Å². The summed E-state index contributed by atoms with van der Waals surface area (Å²) in [6, 6.07) is 3.96. The van der Waals surface area contributed by atoms with Gasteiger partial charge in [0.25, 0.3) is 0 Å². The van der Waals surface area contributed by atoms with E-state index in [1.54, 1.807) is 23.9 Å². The minimum absolute atomic E-state index is 0.745. The number of rotatable bonds is 1. The van der Waals surface area contributed by atoms with Crippen molar-refractivity contribution in [2.75, 3.05) is 5.73 Å². The molecule has 0 bridgehead atoms. The molecule has 5 heteroatoms. The normalized spacial score (nSPS) is 11.1. The van der Waals surface area contributed by atoms with E-state index in [2.05, 4.69) is 9.97 Å². The van der Waals surface area contributed by atoms with Crippen LogP contribution in [0, 0.1) is 6.92 Å². The Hall–Kier alpha value is -1.88. The molecule has 0 amide bonds. The predicted octanol–water partition coefficient (Wildman–Crippen LogP) is 2.37. The van der Waals surface area contributed by atoms with Crippen molar-refractivity contribution in [3.8, 4) is 5.69 Å². The van der Waals surface area contributed by atoms with E-state index in [0.717, 1.165) is 26.6 Å². The van der Waals surface area contributed by atoms with E-state index >= 15 is 0 Å². The van der Waals surface area contributed by atoms with Gasteiger partial charge >= 0.3 is 0 Å². The van der Waals surface area contributed by atoms with Gasteiger partial charge in [-0.05, 0) is 19.1 Å². The fraction of sp³-hybridized carbons (Fsp3) is 0.0909. The van der Waals surface area contributed by atoms with Crippen molar-refractivity contribution in [1.29, 1.82) is 0 Å². The van der Waals surface area contributed by atoms with Gasteiger partial charge < -0.3 is 10.3 Å². The van der Waals surface area contributed by atoms with Crippen LogP contribution in [0.4, 0.5) is 5.69 Å². The monoisotopic (exact) mass is 230 g/mol. The summed E-state index contributed by atoms with van der Waals surface area (Å²) in [5.74, 6) is 0. The lowest BCUT2D eigenvalue weighted by Gasteiger charge is -2.05. The van der Waals surface area contributed by atoms with Gasteiger partial charge in [0.15, 0.2) is 0 Å². The molecule has 4 nitrogen and oxygen atoms in total. The second-order valence-electron chi connectivity index (χ2n) is 3.58. The first-order valence-corrected chi connectivity index (χ1v) is 5.71. The van der Waals surface area contributed by atoms with Crippen LogP contribution in [0.2, 0.25) is 0 Å². The third-order valence-electron chi connectivity index (χ3n) is 2.43. The Morgan fingerprint density at radius 3 is 3.00 bits per heavy atom. The lowest BCUT2D eigenvalue weighted by Crippen LogP contribution is -1.97. The SMILES string of the molecule is Cc1nc2cc(-n3ccnc3)c(N)cc2s1. The molecule has 3 rings (SSSR count). The lowest BCUT2D eigenvalue weighted by molar-refractivity contribution is 1.06. The highest BCUT2D eigenvalue weighted by atomic mass is 32.1. The topological polar surface area (TPSA) is 56.7 Å². The van der Waals surface area contributed by atoms with Crippen LogP contribution in [0.15, 0.2) is 30.9 Å². The molecule has 0 spiro atoms. The van der Waals surface area contributed by atoms with Crippen molar-refractivity contribution >= 4 is 27.2 Å². The first kappa shape index (κ1) is 9.35. The summed E-state index contributed by atoms with van der Waals surface area (Å²) < 4.78 is 3.02. The van der Waals surface area contributed by atoms with E-state index in [4.69, 9.17) is 5.73 Å². The molecule has 0 aliphatic rings. The van der Waals surface area contributed by atoms with Gasteiger partial charge in [-0.15, -0.1) is 11.3 Å². The first-order valence-electron chi connectivity index (χ1n) is 4.89. The van der Waals surface area contributed by atoms with Crippen LogP contribution in [0.1, 0.15) is 5.01 Å². The summed E-state index contributed by atoms with van der Waals surface area (Å²) >= 11 is 1.66. The third kappa shape index (κ3) is 1.37. The summed E-state index contributed by atoms with van der Waals surface area (Å²) in [6.45, 7) is 2.00. The minimum atomic E-state index is 0.745. The fourth-order valence-electron chi connectivity index (χ4n) is 1.72. The van der Waals surface area contributed by atoms with Gasteiger partial charge in [0.05, 0.1) is 32.9 Å². The Labute approximate surface area is 96.4 Å². The van der Waals surface area contributed by atoms with Crippen molar-refractivity contribution in [1.82, 2.24) is 14.5 Å². The molecule has 2 aromatic heterocycles. The van der Waals surface area contributed by atoms with E-state index in [1.807, 2.05) is 29.8 Å². The molecular weight excluding hydrogens is 220 g/mol. The van der Waals surface area contributed by atoms with Gasteiger partial charge in [0, 0.05) is 12.4 Å². The number of benzene rings is 1. The average Bonchev–Trinajstić information content (AvgIpc) is 2.83. The molecule has 16 heavy (non-hydrogen) atoms. The number of imidazole rings is 1. The molecule has 0 radical (unpaired) electrons. The standard InChI is InChI=1S/C11H10N4S/c1-7-14-9-5-10(15-3-2-13-6-15)8(12)4-11(9)16-7/h2-6H,12H2,1H3. The Balaban J connectivity index is 2.29. The second-order valence-corrected chi connectivity index (χ2v) is 4.82. The van der Waals surface area contributed by atoms with Crippen molar-refractivity contribution in [3.05, 3.63) is 35.9 Å². The zero-order chi connectivity index (χ0) is 11.1. The predicted molar refractivity (Wildman–Crippen MR) is 65.9 cm³/mol. The Kier molecular flexibility index (Phi) is 1.94. The molecule has 80 valence electrons. The van der Waals surface area contributed by atoms with E-state index in [1.165, 1.54) is 0 Å². The summed E-state index contributed by atoms with van der Waals surface area (Å²) in [5.41, 5.74) is 8.67. The largest absolute Gasteiger partial charge is 0.397 e. The molecule has 0 aliphatic carbocycles. The number of aryl methyl sites for hydroxylation is 1. The van der Waals surface area contributed by atoms with Gasteiger partial charge in [-0.3, -0.25) is 0 Å². The molecule has 0 saturated carbocycles. The minimum Gasteiger partial charge on any atom is -0.397 e. The number of anilines is 1. The molecule has 1 aromatic carbocycles. The Morgan fingerprint density at radius 2 is 2.25 bits per heavy atom. The third-order valence-corrected chi connectivity index (χ3v) is 3.36. The summed E-state index contributed by atoms with van der Waals surface area (Å²) in [7, 11) is 0. The highest BCUT2D eigenvalue weighted by Crippen LogP contribution is 2.28. The zero-order valence-electron chi connectivity index (χ0n) is 8.71. The molecule has 0 aliphatic heterocycles. The molecule has 2 N–H and O–H groups in total. The molecule has 0 saturated heterocycles. The number of hydrogen-bond acceptors (Lipinski definition) is 4. The Bertz CT molecular complexity index is 639. The highest BCUT2D eigenvalue weighted by Gasteiger charge is 2.07. The summed E-state index contributed by atoms with van der Waals surface area (Å²) in [5, 5.41) is 1.05. The molecule has 0 atom stereocenters. The summed E-state index contributed by atoms with van der Waals surface area (Å²) in [4.78, 5) is 8.47. The first-order chi connectivity index (χ1) is 7.74. The fourth-order valence-corrected chi connectivity index (χ4v) is 2.58.